The van der Waals surface area contributed by atoms with E-state index < -0.39 is 23.7 Å². The number of hydrogen-bond donors (Lipinski definition) is 0. The van der Waals surface area contributed by atoms with Crippen LogP contribution in [0.5, 0.6) is 0 Å². The maximum absolute atomic E-state index is 13.4. The Kier molecular flexibility index (Phi) is 7.17. The number of carbonyl (C=O) groups excluding carboxylic acids is 1. The summed E-state index contributed by atoms with van der Waals surface area (Å²) >= 11 is 0. The number of halogens is 2. The first-order valence-corrected chi connectivity index (χ1v) is 7.76. The molecule has 1 rings (SSSR count). The lowest BCUT2D eigenvalue weighted by Crippen LogP contribution is -2.11. The van der Waals surface area contributed by atoms with Crippen LogP contribution in [0.15, 0.2) is 12.2 Å². The zero-order valence-corrected chi connectivity index (χ0v) is 12.5. The van der Waals surface area contributed by atoms with Gasteiger partial charge in [0, 0.05) is 0 Å². The molecular weight excluding hydrogens is 262 g/mol. The minimum atomic E-state index is -2.91. The average molecular weight is 288 g/mol. The second kappa shape index (κ2) is 8.38. The number of rotatable bonds is 10. The van der Waals surface area contributed by atoms with Gasteiger partial charge in [0.15, 0.2) is 0 Å². The van der Waals surface area contributed by atoms with Crippen molar-refractivity contribution >= 4 is 5.97 Å². The van der Waals surface area contributed by atoms with Gasteiger partial charge in [-0.15, -0.1) is 0 Å². The summed E-state index contributed by atoms with van der Waals surface area (Å²) in [6.07, 6.45) is 11.2. The number of allylic oxidation sites excluding steroid dienone is 2. The lowest BCUT2D eigenvalue weighted by Gasteiger charge is -1.98. The topological polar surface area (TPSA) is 26.3 Å². The number of alkyl halides is 2. The number of ether oxygens (including phenoxy) is 1. The predicted molar refractivity (Wildman–Crippen MR) is 75.7 cm³/mol. The zero-order valence-electron chi connectivity index (χ0n) is 12.5. The highest BCUT2D eigenvalue weighted by Gasteiger charge is 2.71. The Hall–Kier alpha value is -0.930. The third kappa shape index (κ3) is 4.88. The minimum absolute atomic E-state index is 0.152. The fourth-order valence-corrected chi connectivity index (χ4v) is 2.41. The standard InChI is InChI=1S/C16H26F2O2/c1-3-5-6-7-8-9-10-11-12-13-14(16(13,17)18)15(19)20-4-2/h11-14H,3-10H2,1-2H3/b12-11+. The Labute approximate surface area is 120 Å². The monoisotopic (exact) mass is 288 g/mol. The Bertz CT molecular complexity index is 326. The predicted octanol–water partition coefficient (Wildman–Crippen LogP) is 4.74. The molecule has 2 unspecified atom stereocenters. The normalized spacial score (nSPS) is 24.0. The molecule has 0 N–H and O–H groups in total. The van der Waals surface area contributed by atoms with Gasteiger partial charge in [-0.2, -0.15) is 0 Å². The lowest BCUT2D eigenvalue weighted by molar-refractivity contribution is -0.147. The second-order valence-corrected chi connectivity index (χ2v) is 5.41. The van der Waals surface area contributed by atoms with Gasteiger partial charge < -0.3 is 4.74 Å². The first kappa shape index (κ1) is 17.1. The largest absolute Gasteiger partial charge is 0.466 e. The third-order valence-electron chi connectivity index (χ3n) is 3.72. The van der Waals surface area contributed by atoms with Gasteiger partial charge in [-0.1, -0.05) is 51.2 Å². The maximum atomic E-state index is 13.4. The number of esters is 1. The molecule has 0 aromatic rings. The van der Waals surface area contributed by atoms with Crippen LogP contribution < -0.4 is 0 Å². The molecule has 0 radical (unpaired) electrons. The van der Waals surface area contributed by atoms with Crippen LogP contribution in [-0.4, -0.2) is 18.5 Å². The van der Waals surface area contributed by atoms with Gasteiger partial charge in [0.1, 0.15) is 5.92 Å². The van der Waals surface area contributed by atoms with Crippen LogP contribution in [0.25, 0.3) is 0 Å². The molecule has 1 fully saturated rings. The number of unbranched alkanes of at least 4 members (excludes halogenated alkanes) is 6. The summed E-state index contributed by atoms with van der Waals surface area (Å²) in [5.74, 6) is -5.90. The van der Waals surface area contributed by atoms with Gasteiger partial charge in [-0.05, 0) is 19.8 Å². The summed E-state index contributed by atoms with van der Waals surface area (Å²) in [5, 5.41) is 0. The number of carbonyl (C=O) groups is 1. The maximum Gasteiger partial charge on any atom is 0.315 e. The van der Waals surface area contributed by atoms with E-state index >= 15 is 0 Å². The van der Waals surface area contributed by atoms with Crippen molar-refractivity contribution in [3.63, 3.8) is 0 Å². The molecule has 20 heavy (non-hydrogen) atoms. The molecule has 2 atom stereocenters. The Morgan fingerprint density at radius 2 is 1.80 bits per heavy atom. The molecule has 0 bridgehead atoms. The van der Waals surface area contributed by atoms with E-state index in [2.05, 4.69) is 11.7 Å². The molecule has 0 amide bonds. The van der Waals surface area contributed by atoms with Crippen LogP contribution in [0.1, 0.15) is 58.8 Å². The van der Waals surface area contributed by atoms with E-state index in [9.17, 15) is 13.6 Å². The first-order chi connectivity index (χ1) is 9.55. The second-order valence-electron chi connectivity index (χ2n) is 5.41. The fraction of sp³-hybridized carbons (Fsp3) is 0.812. The Balaban J connectivity index is 2.18. The molecule has 0 aromatic heterocycles. The van der Waals surface area contributed by atoms with E-state index in [1.807, 2.05) is 0 Å². The molecule has 1 aliphatic rings. The van der Waals surface area contributed by atoms with Crippen molar-refractivity contribution in [2.45, 2.75) is 64.7 Å². The van der Waals surface area contributed by atoms with E-state index in [1.54, 1.807) is 13.0 Å². The Morgan fingerprint density at radius 3 is 2.45 bits per heavy atom. The zero-order chi connectivity index (χ0) is 15.0. The highest BCUT2D eigenvalue weighted by Crippen LogP contribution is 2.56. The quantitative estimate of drug-likeness (QED) is 0.330. The highest BCUT2D eigenvalue weighted by atomic mass is 19.3. The number of hydrogen-bond acceptors (Lipinski definition) is 2. The average Bonchev–Trinajstić information content (AvgIpc) is 2.95. The van der Waals surface area contributed by atoms with E-state index in [4.69, 9.17) is 0 Å². The molecular formula is C16H26F2O2. The van der Waals surface area contributed by atoms with Crippen molar-refractivity contribution in [1.82, 2.24) is 0 Å². The van der Waals surface area contributed by atoms with Gasteiger partial charge in [0.2, 0.25) is 0 Å². The fourth-order valence-electron chi connectivity index (χ4n) is 2.41. The van der Waals surface area contributed by atoms with Crippen LogP contribution in [0.3, 0.4) is 0 Å². The summed E-state index contributed by atoms with van der Waals surface area (Å²) in [6.45, 7) is 3.96. The highest BCUT2D eigenvalue weighted by molar-refractivity contribution is 5.78. The van der Waals surface area contributed by atoms with Crippen molar-refractivity contribution in [1.29, 1.82) is 0 Å². The minimum Gasteiger partial charge on any atom is -0.466 e. The van der Waals surface area contributed by atoms with Crippen LogP contribution in [0.4, 0.5) is 8.78 Å². The van der Waals surface area contributed by atoms with Gasteiger partial charge in [-0.3, -0.25) is 4.79 Å². The smallest absolute Gasteiger partial charge is 0.315 e. The molecule has 0 heterocycles. The van der Waals surface area contributed by atoms with Crippen LogP contribution in [0.2, 0.25) is 0 Å². The summed E-state index contributed by atoms with van der Waals surface area (Å²) < 4.78 is 31.5. The van der Waals surface area contributed by atoms with Crippen LogP contribution in [-0.2, 0) is 9.53 Å². The third-order valence-corrected chi connectivity index (χ3v) is 3.72. The van der Waals surface area contributed by atoms with E-state index in [0.29, 0.717) is 0 Å². The Morgan fingerprint density at radius 1 is 1.15 bits per heavy atom. The molecule has 4 heteroatoms. The molecule has 0 saturated heterocycles. The molecule has 116 valence electrons. The van der Waals surface area contributed by atoms with Gasteiger partial charge >= 0.3 is 5.97 Å². The molecule has 0 aliphatic heterocycles. The van der Waals surface area contributed by atoms with Crippen molar-refractivity contribution in [2.75, 3.05) is 6.61 Å². The molecule has 2 nitrogen and oxygen atoms in total. The van der Waals surface area contributed by atoms with Gasteiger partial charge in [0.05, 0.1) is 12.5 Å². The summed E-state index contributed by atoms with van der Waals surface area (Å²) in [7, 11) is 0. The van der Waals surface area contributed by atoms with Gasteiger partial charge in [0.25, 0.3) is 5.92 Å². The summed E-state index contributed by atoms with van der Waals surface area (Å²) in [4.78, 5) is 11.3. The van der Waals surface area contributed by atoms with Crippen molar-refractivity contribution in [3.05, 3.63) is 12.2 Å². The van der Waals surface area contributed by atoms with E-state index in [1.165, 1.54) is 31.8 Å². The van der Waals surface area contributed by atoms with Gasteiger partial charge in [-0.25, -0.2) is 8.78 Å². The molecule has 1 aliphatic carbocycles. The summed E-state index contributed by atoms with van der Waals surface area (Å²) in [5.41, 5.74) is 0. The first-order valence-electron chi connectivity index (χ1n) is 7.76. The molecule has 0 spiro atoms. The molecule has 1 saturated carbocycles. The van der Waals surface area contributed by atoms with Crippen LogP contribution >= 0.6 is 0 Å². The lowest BCUT2D eigenvalue weighted by atomic mass is 10.1. The van der Waals surface area contributed by atoms with Crippen molar-refractivity contribution < 1.29 is 18.3 Å². The van der Waals surface area contributed by atoms with Crippen molar-refractivity contribution in [3.8, 4) is 0 Å². The van der Waals surface area contributed by atoms with E-state index in [0.717, 1.165) is 19.3 Å². The van der Waals surface area contributed by atoms with E-state index in [-0.39, 0.29) is 6.61 Å². The molecule has 0 aromatic carbocycles. The SMILES string of the molecule is CCCCCCCC/C=C/C1C(C(=O)OCC)C1(F)F. The summed E-state index contributed by atoms with van der Waals surface area (Å²) in [6, 6.07) is 0. The van der Waals surface area contributed by atoms with Crippen LogP contribution in [0, 0.1) is 11.8 Å². The van der Waals surface area contributed by atoms with Crippen molar-refractivity contribution in [2.24, 2.45) is 11.8 Å².